The Morgan fingerprint density at radius 1 is 1.12 bits per heavy atom. The molecule has 2 aromatic carbocycles. The lowest BCUT2D eigenvalue weighted by molar-refractivity contribution is -0.130. The van der Waals surface area contributed by atoms with Crippen molar-refractivity contribution in [1.29, 1.82) is 0 Å². The van der Waals surface area contributed by atoms with Gasteiger partial charge in [0.25, 0.3) is 0 Å². The van der Waals surface area contributed by atoms with Gasteiger partial charge in [0.05, 0.1) is 0 Å². The summed E-state index contributed by atoms with van der Waals surface area (Å²) in [6.45, 7) is 1.69. The van der Waals surface area contributed by atoms with Crippen LogP contribution >= 0.6 is 11.6 Å². The summed E-state index contributed by atoms with van der Waals surface area (Å²) in [5.74, 6) is 1.15. The number of nitrogens with zero attached hydrogens (tertiary/aromatic N) is 1. The molecule has 134 valence electrons. The fourth-order valence-electron chi connectivity index (χ4n) is 3.30. The summed E-state index contributed by atoms with van der Waals surface area (Å²) in [7, 11) is 0. The Kier molecular flexibility index (Phi) is 4.55. The largest absolute Gasteiger partial charge is 0.444 e. The topological polar surface area (TPSA) is 58.6 Å². The number of nitrogens with one attached hydrogen (secondary N) is 1. The number of hydrogen-bond acceptors (Lipinski definition) is 3. The maximum absolute atomic E-state index is 12.0. The Balaban J connectivity index is 1.26. The first-order chi connectivity index (χ1) is 12.6. The summed E-state index contributed by atoms with van der Waals surface area (Å²) in [6, 6.07) is 14.6. The van der Waals surface area contributed by atoms with Gasteiger partial charge < -0.3 is 9.64 Å². The zero-order valence-corrected chi connectivity index (χ0v) is 14.9. The fraction of sp³-hybridized carbons (Fsp3) is 0.300. The van der Waals surface area contributed by atoms with Gasteiger partial charge in [-0.15, -0.1) is 0 Å². The highest BCUT2D eigenvalue weighted by Crippen LogP contribution is 2.46. The van der Waals surface area contributed by atoms with Crippen LogP contribution in [0.3, 0.4) is 0 Å². The zero-order valence-electron chi connectivity index (χ0n) is 14.2. The van der Waals surface area contributed by atoms with Crippen LogP contribution in [0.15, 0.2) is 48.5 Å². The van der Waals surface area contributed by atoms with Gasteiger partial charge in [-0.1, -0.05) is 35.9 Å². The van der Waals surface area contributed by atoms with E-state index in [0.717, 1.165) is 24.1 Å². The monoisotopic (exact) mass is 370 g/mol. The summed E-state index contributed by atoms with van der Waals surface area (Å²) < 4.78 is 5.19. The summed E-state index contributed by atoms with van der Waals surface area (Å²) >= 11 is 5.82. The Hall–Kier alpha value is -2.53. The van der Waals surface area contributed by atoms with Crippen LogP contribution in [0.4, 0.5) is 10.5 Å². The van der Waals surface area contributed by atoms with E-state index in [0.29, 0.717) is 23.2 Å². The van der Waals surface area contributed by atoms with E-state index in [-0.39, 0.29) is 18.4 Å². The van der Waals surface area contributed by atoms with Crippen LogP contribution in [0.5, 0.6) is 0 Å². The van der Waals surface area contributed by atoms with E-state index >= 15 is 0 Å². The van der Waals surface area contributed by atoms with Crippen LogP contribution in [0.2, 0.25) is 5.02 Å². The lowest BCUT2D eigenvalue weighted by atomic mass is 10.2. The summed E-state index contributed by atoms with van der Waals surface area (Å²) in [4.78, 5) is 25.8. The quantitative estimate of drug-likeness (QED) is 0.863. The maximum Gasteiger partial charge on any atom is 0.411 e. The van der Waals surface area contributed by atoms with E-state index in [1.54, 1.807) is 12.1 Å². The van der Waals surface area contributed by atoms with Crippen molar-refractivity contribution in [1.82, 2.24) is 4.90 Å². The van der Waals surface area contributed by atoms with Crippen LogP contribution in [0.25, 0.3) is 0 Å². The molecule has 0 bridgehead atoms. The van der Waals surface area contributed by atoms with Gasteiger partial charge in [0.15, 0.2) is 0 Å². The standard InChI is InChI=1S/C20H19ClN2O3/c21-16-5-1-14(2-6-16)12-26-20(25)22-17-7-3-13(4-8-17)10-23-11-15-9-18(15)19(23)24/h1-8,15,18H,9-12H2,(H,22,25). The van der Waals surface area contributed by atoms with Crippen LogP contribution in [0.1, 0.15) is 17.5 Å². The molecule has 1 N–H and O–H groups in total. The van der Waals surface area contributed by atoms with Crippen molar-refractivity contribution in [3.05, 3.63) is 64.7 Å². The minimum absolute atomic E-state index is 0.181. The van der Waals surface area contributed by atoms with Gasteiger partial charge >= 0.3 is 6.09 Å². The number of carbonyl (C=O) groups excluding carboxylic acids is 2. The summed E-state index contributed by atoms with van der Waals surface area (Å²) in [5.41, 5.74) is 2.58. The van der Waals surface area contributed by atoms with Crippen molar-refractivity contribution in [2.75, 3.05) is 11.9 Å². The molecule has 2 unspecified atom stereocenters. The molecule has 0 aromatic heterocycles. The van der Waals surface area contributed by atoms with Gasteiger partial charge in [0.2, 0.25) is 5.91 Å². The first-order valence-electron chi connectivity index (χ1n) is 8.64. The van der Waals surface area contributed by atoms with E-state index in [1.807, 2.05) is 41.3 Å². The smallest absolute Gasteiger partial charge is 0.411 e. The Morgan fingerprint density at radius 2 is 1.81 bits per heavy atom. The molecule has 2 fully saturated rings. The molecule has 26 heavy (non-hydrogen) atoms. The third kappa shape index (κ3) is 3.83. The molecule has 2 atom stereocenters. The first-order valence-corrected chi connectivity index (χ1v) is 9.02. The number of anilines is 1. The molecule has 1 aliphatic carbocycles. The second kappa shape index (κ2) is 7.00. The lowest BCUT2D eigenvalue weighted by Gasteiger charge is -2.18. The van der Waals surface area contributed by atoms with E-state index in [9.17, 15) is 9.59 Å². The number of carbonyl (C=O) groups is 2. The van der Waals surface area contributed by atoms with E-state index < -0.39 is 6.09 Å². The first kappa shape index (κ1) is 16.9. The maximum atomic E-state index is 12.0. The Morgan fingerprint density at radius 3 is 2.46 bits per heavy atom. The number of benzene rings is 2. The van der Waals surface area contributed by atoms with Crippen molar-refractivity contribution >= 4 is 29.3 Å². The van der Waals surface area contributed by atoms with Gasteiger partial charge in [-0.25, -0.2) is 4.79 Å². The molecule has 6 heteroatoms. The molecule has 4 rings (SSSR count). The van der Waals surface area contributed by atoms with Crippen molar-refractivity contribution < 1.29 is 14.3 Å². The van der Waals surface area contributed by atoms with Crippen molar-refractivity contribution in [3.8, 4) is 0 Å². The predicted octanol–water partition coefficient (Wildman–Crippen LogP) is 4.07. The molecule has 0 spiro atoms. The molecule has 1 heterocycles. The average molecular weight is 371 g/mol. The number of ether oxygens (including phenoxy) is 1. The lowest BCUT2D eigenvalue weighted by Crippen LogP contribution is -2.27. The third-order valence-corrected chi connectivity index (χ3v) is 5.12. The molecule has 0 radical (unpaired) electrons. The second-order valence-electron chi connectivity index (χ2n) is 6.85. The summed E-state index contributed by atoms with van der Waals surface area (Å²) in [5, 5.41) is 3.34. The van der Waals surface area contributed by atoms with Crippen molar-refractivity contribution in [2.45, 2.75) is 19.6 Å². The van der Waals surface area contributed by atoms with E-state index in [1.165, 1.54) is 0 Å². The molecular formula is C20H19ClN2O3. The normalized spacial score (nSPS) is 20.7. The molecule has 2 amide bonds. The highest BCUT2D eigenvalue weighted by Gasteiger charge is 2.51. The number of piperidine rings is 1. The zero-order chi connectivity index (χ0) is 18.1. The van der Waals surface area contributed by atoms with Gasteiger partial charge in [0, 0.05) is 29.7 Å². The Labute approximate surface area is 156 Å². The van der Waals surface area contributed by atoms with Gasteiger partial charge in [-0.3, -0.25) is 10.1 Å². The average Bonchev–Trinajstić information content (AvgIpc) is 3.34. The number of likely N-dealkylation sites (tertiary alicyclic amines) is 1. The third-order valence-electron chi connectivity index (χ3n) is 4.86. The molecule has 1 aliphatic heterocycles. The Bertz CT molecular complexity index is 820. The van der Waals surface area contributed by atoms with Crippen LogP contribution < -0.4 is 5.32 Å². The van der Waals surface area contributed by atoms with Crippen molar-refractivity contribution in [3.63, 3.8) is 0 Å². The molecular weight excluding hydrogens is 352 g/mol. The highest BCUT2D eigenvalue weighted by atomic mass is 35.5. The van der Waals surface area contributed by atoms with Gasteiger partial charge in [-0.2, -0.15) is 0 Å². The van der Waals surface area contributed by atoms with Crippen LogP contribution in [-0.4, -0.2) is 23.4 Å². The molecule has 5 nitrogen and oxygen atoms in total. The number of fused-ring (bicyclic) bond motifs is 1. The SMILES string of the molecule is O=C(Nc1ccc(CN2CC3CC3C2=O)cc1)OCc1ccc(Cl)cc1. The predicted molar refractivity (Wildman–Crippen MR) is 98.7 cm³/mol. The minimum atomic E-state index is -0.512. The minimum Gasteiger partial charge on any atom is -0.444 e. The second-order valence-corrected chi connectivity index (χ2v) is 7.28. The fourth-order valence-corrected chi connectivity index (χ4v) is 3.43. The molecule has 1 saturated carbocycles. The number of hydrogen-bond donors (Lipinski definition) is 1. The van der Waals surface area contributed by atoms with E-state index in [2.05, 4.69) is 5.32 Å². The van der Waals surface area contributed by atoms with Gasteiger partial charge in [0.1, 0.15) is 6.61 Å². The number of halogens is 1. The van der Waals surface area contributed by atoms with Gasteiger partial charge in [-0.05, 0) is 47.7 Å². The highest BCUT2D eigenvalue weighted by molar-refractivity contribution is 6.30. The van der Waals surface area contributed by atoms with Crippen LogP contribution in [0, 0.1) is 11.8 Å². The summed E-state index contributed by atoms with van der Waals surface area (Å²) in [6.07, 6.45) is 0.554. The molecule has 1 saturated heterocycles. The number of amides is 2. The van der Waals surface area contributed by atoms with Crippen LogP contribution in [-0.2, 0) is 22.7 Å². The molecule has 2 aliphatic rings. The van der Waals surface area contributed by atoms with Crippen molar-refractivity contribution in [2.24, 2.45) is 11.8 Å². The molecule has 2 aromatic rings. The number of rotatable bonds is 5. The van der Waals surface area contributed by atoms with E-state index in [4.69, 9.17) is 16.3 Å².